The van der Waals surface area contributed by atoms with Gasteiger partial charge in [-0.15, -0.1) is 0 Å². The SMILES string of the molecule is COC(=O)CS(=O)(=O)N1CCOCC1CO. The van der Waals surface area contributed by atoms with Gasteiger partial charge in [0.1, 0.15) is 0 Å². The second-order valence-electron chi connectivity index (χ2n) is 3.35. The minimum absolute atomic E-state index is 0.136. The monoisotopic (exact) mass is 253 g/mol. The molecule has 94 valence electrons. The van der Waals surface area contributed by atoms with Crippen molar-refractivity contribution in [3.05, 3.63) is 0 Å². The standard InChI is InChI=1S/C8H15NO6S/c1-14-8(11)6-16(12,13)9-2-3-15-5-7(9)4-10/h7,10H,2-6H2,1H3. The van der Waals surface area contributed by atoms with Crippen molar-refractivity contribution in [2.24, 2.45) is 0 Å². The molecule has 1 aliphatic heterocycles. The number of morpholine rings is 1. The van der Waals surface area contributed by atoms with Gasteiger partial charge < -0.3 is 14.6 Å². The quantitative estimate of drug-likeness (QED) is 0.593. The van der Waals surface area contributed by atoms with Crippen molar-refractivity contribution in [2.45, 2.75) is 6.04 Å². The molecule has 0 radical (unpaired) electrons. The number of sulfonamides is 1. The van der Waals surface area contributed by atoms with Crippen molar-refractivity contribution in [3.63, 3.8) is 0 Å². The van der Waals surface area contributed by atoms with E-state index in [2.05, 4.69) is 4.74 Å². The van der Waals surface area contributed by atoms with Crippen LogP contribution in [0.4, 0.5) is 0 Å². The van der Waals surface area contributed by atoms with E-state index >= 15 is 0 Å². The van der Waals surface area contributed by atoms with Gasteiger partial charge in [-0.2, -0.15) is 4.31 Å². The first kappa shape index (κ1) is 13.4. The summed E-state index contributed by atoms with van der Waals surface area (Å²) in [5.74, 6) is -1.52. The Morgan fingerprint density at radius 1 is 1.62 bits per heavy atom. The zero-order chi connectivity index (χ0) is 12.2. The smallest absolute Gasteiger partial charge is 0.322 e. The van der Waals surface area contributed by atoms with Crippen molar-refractivity contribution < 1.29 is 27.8 Å². The van der Waals surface area contributed by atoms with Crippen LogP contribution < -0.4 is 0 Å². The molecule has 0 spiro atoms. The lowest BCUT2D eigenvalue weighted by atomic mass is 10.3. The molecule has 1 N–H and O–H groups in total. The highest BCUT2D eigenvalue weighted by Crippen LogP contribution is 2.12. The first-order valence-electron chi connectivity index (χ1n) is 4.76. The molecule has 0 bridgehead atoms. The van der Waals surface area contributed by atoms with Crippen molar-refractivity contribution in [3.8, 4) is 0 Å². The normalized spacial score (nSPS) is 23.0. The minimum Gasteiger partial charge on any atom is -0.468 e. The van der Waals surface area contributed by atoms with Gasteiger partial charge in [-0.25, -0.2) is 8.42 Å². The Kier molecular flexibility index (Phi) is 4.66. The molecule has 0 amide bonds. The average Bonchev–Trinajstić information content (AvgIpc) is 2.28. The summed E-state index contributed by atoms with van der Waals surface area (Å²) < 4.78 is 34.0. The Bertz CT molecular complexity index is 340. The summed E-state index contributed by atoms with van der Waals surface area (Å²) in [6.07, 6.45) is 0. The number of hydrogen-bond donors (Lipinski definition) is 1. The van der Waals surface area contributed by atoms with Crippen molar-refractivity contribution >= 4 is 16.0 Å². The summed E-state index contributed by atoms with van der Waals surface area (Å²) in [6, 6.07) is -0.622. The number of aliphatic hydroxyl groups is 1. The summed E-state index contributed by atoms with van der Waals surface area (Å²) in [7, 11) is -2.61. The third kappa shape index (κ3) is 3.14. The molecule has 1 unspecified atom stereocenters. The molecule has 0 aromatic rings. The highest BCUT2D eigenvalue weighted by molar-refractivity contribution is 7.89. The lowest BCUT2D eigenvalue weighted by Crippen LogP contribution is -2.51. The number of hydrogen-bond acceptors (Lipinski definition) is 6. The van der Waals surface area contributed by atoms with Gasteiger partial charge in [-0.05, 0) is 0 Å². The van der Waals surface area contributed by atoms with E-state index in [1.54, 1.807) is 0 Å². The van der Waals surface area contributed by atoms with E-state index in [1.165, 1.54) is 0 Å². The highest BCUT2D eigenvalue weighted by Gasteiger charge is 2.34. The van der Waals surface area contributed by atoms with E-state index < -0.39 is 27.8 Å². The molecule has 8 heteroatoms. The van der Waals surface area contributed by atoms with Crippen LogP contribution in [0.1, 0.15) is 0 Å². The van der Waals surface area contributed by atoms with Gasteiger partial charge in [0.05, 0.1) is 33.0 Å². The molecule has 0 aromatic carbocycles. The van der Waals surface area contributed by atoms with Gasteiger partial charge in [0.2, 0.25) is 10.0 Å². The fraction of sp³-hybridized carbons (Fsp3) is 0.875. The van der Waals surface area contributed by atoms with Gasteiger partial charge in [0, 0.05) is 6.54 Å². The fourth-order valence-electron chi connectivity index (χ4n) is 1.44. The van der Waals surface area contributed by atoms with Crippen LogP contribution in [0.5, 0.6) is 0 Å². The summed E-state index contributed by atoms with van der Waals surface area (Å²) in [5, 5.41) is 9.01. The number of nitrogens with zero attached hydrogens (tertiary/aromatic N) is 1. The van der Waals surface area contributed by atoms with Crippen LogP contribution in [-0.4, -0.2) is 69.1 Å². The Hall–Kier alpha value is -0.700. The number of rotatable bonds is 4. The molecule has 1 rings (SSSR count). The van der Waals surface area contributed by atoms with E-state index in [0.717, 1.165) is 11.4 Å². The summed E-state index contributed by atoms with van der Waals surface area (Å²) in [5.41, 5.74) is 0. The van der Waals surface area contributed by atoms with Crippen LogP contribution in [0.3, 0.4) is 0 Å². The second-order valence-corrected chi connectivity index (χ2v) is 5.28. The Morgan fingerprint density at radius 3 is 2.88 bits per heavy atom. The number of esters is 1. The second kappa shape index (κ2) is 5.58. The minimum atomic E-state index is -3.74. The van der Waals surface area contributed by atoms with E-state index in [9.17, 15) is 13.2 Å². The topological polar surface area (TPSA) is 93.1 Å². The third-order valence-electron chi connectivity index (χ3n) is 2.27. The first-order valence-corrected chi connectivity index (χ1v) is 6.37. The zero-order valence-corrected chi connectivity index (χ0v) is 9.77. The number of carbonyl (C=O) groups excluding carboxylic acids is 1. The number of ether oxygens (including phenoxy) is 2. The predicted molar refractivity (Wildman–Crippen MR) is 54.2 cm³/mol. The third-order valence-corrected chi connectivity index (χ3v) is 4.07. The van der Waals surface area contributed by atoms with E-state index in [4.69, 9.17) is 9.84 Å². The Morgan fingerprint density at radius 2 is 2.31 bits per heavy atom. The van der Waals surface area contributed by atoms with Gasteiger partial charge in [0.25, 0.3) is 0 Å². The molecule has 1 heterocycles. The van der Waals surface area contributed by atoms with Crippen LogP contribution in [0.2, 0.25) is 0 Å². The number of methoxy groups -OCH3 is 1. The molecule has 1 saturated heterocycles. The Balaban J connectivity index is 2.76. The maximum Gasteiger partial charge on any atom is 0.322 e. The van der Waals surface area contributed by atoms with E-state index in [1.807, 2.05) is 0 Å². The molecule has 1 aliphatic rings. The first-order chi connectivity index (χ1) is 7.51. The fourth-order valence-corrected chi connectivity index (χ4v) is 2.96. The summed E-state index contributed by atoms with van der Waals surface area (Å²) in [4.78, 5) is 10.9. The van der Waals surface area contributed by atoms with E-state index in [-0.39, 0.29) is 26.4 Å². The van der Waals surface area contributed by atoms with Crippen LogP contribution in [0.15, 0.2) is 0 Å². The van der Waals surface area contributed by atoms with Crippen LogP contribution in [0.25, 0.3) is 0 Å². The summed E-state index contributed by atoms with van der Waals surface area (Å²) in [6.45, 7) is 0.207. The predicted octanol–water partition coefficient (Wildman–Crippen LogP) is -1.82. The summed E-state index contributed by atoms with van der Waals surface area (Å²) >= 11 is 0. The van der Waals surface area contributed by atoms with Crippen LogP contribution in [-0.2, 0) is 24.3 Å². The van der Waals surface area contributed by atoms with Gasteiger partial charge in [0.15, 0.2) is 5.75 Å². The molecular formula is C8H15NO6S. The van der Waals surface area contributed by atoms with E-state index in [0.29, 0.717) is 0 Å². The van der Waals surface area contributed by atoms with Crippen molar-refractivity contribution in [2.75, 3.05) is 39.2 Å². The average molecular weight is 253 g/mol. The van der Waals surface area contributed by atoms with Crippen LogP contribution >= 0.6 is 0 Å². The largest absolute Gasteiger partial charge is 0.468 e. The maximum atomic E-state index is 11.8. The molecule has 1 fully saturated rings. The van der Waals surface area contributed by atoms with Gasteiger partial charge in [-0.3, -0.25) is 4.79 Å². The number of aliphatic hydroxyl groups excluding tert-OH is 1. The Labute approximate surface area is 94.0 Å². The van der Waals surface area contributed by atoms with Gasteiger partial charge >= 0.3 is 5.97 Å². The molecule has 1 atom stereocenters. The molecular weight excluding hydrogens is 238 g/mol. The lowest BCUT2D eigenvalue weighted by Gasteiger charge is -2.32. The molecule has 0 aliphatic carbocycles. The van der Waals surface area contributed by atoms with Crippen LogP contribution in [0, 0.1) is 0 Å². The lowest BCUT2D eigenvalue weighted by molar-refractivity contribution is -0.137. The molecule has 16 heavy (non-hydrogen) atoms. The molecule has 0 saturated carbocycles. The number of carbonyl (C=O) groups is 1. The maximum absolute atomic E-state index is 11.8. The zero-order valence-electron chi connectivity index (χ0n) is 8.96. The highest BCUT2D eigenvalue weighted by atomic mass is 32.2. The molecule has 0 aromatic heterocycles. The van der Waals surface area contributed by atoms with Crippen molar-refractivity contribution in [1.29, 1.82) is 0 Å². The van der Waals surface area contributed by atoms with Crippen molar-refractivity contribution in [1.82, 2.24) is 4.31 Å². The molecule has 7 nitrogen and oxygen atoms in total. The van der Waals surface area contributed by atoms with Gasteiger partial charge in [-0.1, -0.05) is 0 Å².